The van der Waals surface area contributed by atoms with Gasteiger partial charge in [-0.3, -0.25) is 4.72 Å². The maximum absolute atomic E-state index is 12.7. The van der Waals surface area contributed by atoms with Crippen LogP contribution in [0.4, 0.5) is 10.2 Å². The predicted octanol–water partition coefficient (Wildman–Crippen LogP) is 2.47. The van der Waals surface area contributed by atoms with E-state index in [-0.39, 0.29) is 11.6 Å². The van der Waals surface area contributed by atoms with E-state index in [0.29, 0.717) is 5.56 Å². The molecule has 0 unspecified atom stereocenters. The summed E-state index contributed by atoms with van der Waals surface area (Å²) in [5.74, 6) is -0.552. The Bertz CT molecular complexity index is 669. The molecule has 0 aliphatic carbocycles. The summed E-state index contributed by atoms with van der Waals surface area (Å²) in [7, 11) is -3.55. The number of sulfonamides is 1. The molecule has 0 saturated heterocycles. The van der Waals surface area contributed by atoms with Crippen molar-refractivity contribution in [1.29, 1.82) is 0 Å². The Balaban J connectivity index is 2.13. The molecule has 0 saturated carbocycles. The number of nitrogens with one attached hydrogen (secondary N) is 1. The van der Waals surface area contributed by atoms with Crippen molar-refractivity contribution in [1.82, 2.24) is 4.98 Å². The van der Waals surface area contributed by atoms with Crippen molar-refractivity contribution in [3.8, 4) is 0 Å². The van der Waals surface area contributed by atoms with E-state index in [0.717, 1.165) is 17.8 Å². The Kier molecular flexibility index (Phi) is 3.80. The average molecular weight is 280 g/mol. The Morgan fingerprint density at radius 1 is 1.26 bits per heavy atom. The highest BCUT2D eigenvalue weighted by molar-refractivity contribution is 7.91. The second-order valence-electron chi connectivity index (χ2n) is 4.21. The smallest absolute Gasteiger partial charge is 0.238 e. The van der Waals surface area contributed by atoms with Gasteiger partial charge in [0, 0.05) is 0 Å². The number of pyridine rings is 1. The molecule has 1 N–H and O–H groups in total. The minimum Gasteiger partial charge on any atom is -0.267 e. The van der Waals surface area contributed by atoms with Crippen LogP contribution in [0.3, 0.4) is 0 Å². The molecule has 0 spiro atoms. The van der Waals surface area contributed by atoms with Gasteiger partial charge in [0.1, 0.15) is 11.6 Å². The van der Waals surface area contributed by atoms with E-state index in [1.165, 1.54) is 6.07 Å². The summed E-state index contributed by atoms with van der Waals surface area (Å²) in [5.41, 5.74) is 1.68. The molecule has 0 fully saturated rings. The number of hydrogen-bond acceptors (Lipinski definition) is 3. The van der Waals surface area contributed by atoms with E-state index >= 15 is 0 Å². The number of rotatable bonds is 4. The van der Waals surface area contributed by atoms with Crippen molar-refractivity contribution in [3.63, 3.8) is 0 Å². The lowest BCUT2D eigenvalue weighted by Crippen LogP contribution is -2.16. The predicted molar refractivity (Wildman–Crippen MR) is 71.6 cm³/mol. The molecule has 1 aromatic heterocycles. The van der Waals surface area contributed by atoms with Gasteiger partial charge in [-0.05, 0) is 24.6 Å². The number of halogens is 1. The van der Waals surface area contributed by atoms with Crippen molar-refractivity contribution in [3.05, 3.63) is 59.5 Å². The van der Waals surface area contributed by atoms with Crippen LogP contribution in [0.15, 0.2) is 42.6 Å². The zero-order valence-corrected chi connectivity index (χ0v) is 11.1. The molecule has 0 bridgehead atoms. The first-order valence-electron chi connectivity index (χ1n) is 5.62. The van der Waals surface area contributed by atoms with Crippen LogP contribution in [0.25, 0.3) is 0 Å². The highest BCUT2D eigenvalue weighted by Gasteiger charge is 2.12. The van der Waals surface area contributed by atoms with Gasteiger partial charge in [0.05, 0.1) is 11.9 Å². The summed E-state index contributed by atoms with van der Waals surface area (Å²) in [6, 6.07) is 9.67. The van der Waals surface area contributed by atoms with Gasteiger partial charge in [0.15, 0.2) is 0 Å². The van der Waals surface area contributed by atoms with Gasteiger partial charge in [-0.2, -0.15) is 0 Å². The topological polar surface area (TPSA) is 59.1 Å². The minimum absolute atomic E-state index is 0.106. The zero-order valence-electron chi connectivity index (χ0n) is 10.3. The van der Waals surface area contributed by atoms with Crippen molar-refractivity contribution in [2.75, 3.05) is 4.72 Å². The van der Waals surface area contributed by atoms with E-state index < -0.39 is 15.8 Å². The third-order valence-electron chi connectivity index (χ3n) is 2.43. The van der Waals surface area contributed by atoms with Gasteiger partial charge in [0.2, 0.25) is 10.0 Å². The first-order chi connectivity index (χ1) is 8.94. The summed E-state index contributed by atoms with van der Waals surface area (Å²) in [4.78, 5) is 3.66. The Morgan fingerprint density at radius 2 is 2.05 bits per heavy atom. The fourth-order valence-corrected chi connectivity index (χ4v) is 2.78. The van der Waals surface area contributed by atoms with Crippen LogP contribution in [-0.4, -0.2) is 13.4 Å². The summed E-state index contributed by atoms with van der Waals surface area (Å²) in [6.45, 7) is 1.89. The molecule has 100 valence electrons. The molecular weight excluding hydrogens is 267 g/mol. The van der Waals surface area contributed by atoms with Gasteiger partial charge in [-0.25, -0.2) is 17.8 Å². The summed E-state index contributed by atoms with van der Waals surface area (Å²) in [6.07, 6.45) is 0.963. The number of anilines is 1. The Morgan fingerprint density at radius 3 is 2.68 bits per heavy atom. The lowest BCUT2D eigenvalue weighted by Gasteiger charge is -2.07. The quantitative estimate of drug-likeness (QED) is 0.936. The van der Waals surface area contributed by atoms with Gasteiger partial charge in [-0.1, -0.05) is 29.8 Å². The second-order valence-corrected chi connectivity index (χ2v) is 5.93. The number of aromatic nitrogens is 1. The Hall–Kier alpha value is -1.95. The molecule has 0 atom stereocenters. The molecule has 19 heavy (non-hydrogen) atoms. The molecule has 0 radical (unpaired) electrons. The summed E-state index contributed by atoms with van der Waals surface area (Å²) >= 11 is 0. The molecule has 0 amide bonds. The van der Waals surface area contributed by atoms with E-state index in [9.17, 15) is 12.8 Å². The lowest BCUT2D eigenvalue weighted by atomic mass is 10.2. The lowest BCUT2D eigenvalue weighted by molar-refractivity contribution is 0.599. The van der Waals surface area contributed by atoms with Crippen LogP contribution in [0.5, 0.6) is 0 Å². The largest absolute Gasteiger partial charge is 0.267 e. The second kappa shape index (κ2) is 5.36. The monoisotopic (exact) mass is 280 g/mol. The van der Waals surface area contributed by atoms with Gasteiger partial charge >= 0.3 is 0 Å². The maximum Gasteiger partial charge on any atom is 0.238 e. The van der Waals surface area contributed by atoms with Crippen LogP contribution in [0, 0.1) is 12.7 Å². The van der Waals surface area contributed by atoms with Gasteiger partial charge in [-0.15, -0.1) is 0 Å². The van der Waals surface area contributed by atoms with Gasteiger partial charge < -0.3 is 0 Å². The minimum atomic E-state index is -3.55. The molecule has 2 rings (SSSR count). The van der Waals surface area contributed by atoms with Crippen molar-refractivity contribution < 1.29 is 12.8 Å². The van der Waals surface area contributed by atoms with Crippen LogP contribution >= 0.6 is 0 Å². The third-order valence-corrected chi connectivity index (χ3v) is 3.66. The highest BCUT2D eigenvalue weighted by atomic mass is 32.2. The Labute approximate surface area is 111 Å². The van der Waals surface area contributed by atoms with Gasteiger partial charge in [0.25, 0.3) is 0 Å². The molecule has 4 nitrogen and oxygen atoms in total. The van der Waals surface area contributed by atoms with Crippen molar-refractivity contribution in [2.45, 2.75) is 12.7 Å². The normalized spacial score (nSPS) is 11.3. The van der Waals surface area contributed by atoms with Crippen LogP contribution in [-0.2, 0) is 15.8 Å². The molecule has 1 heterocycles. The third kappa shape index (κ3) is 4.03. The fraction of sp³-hybridized carbons (Fsp3) is 0.154. The van der Waals surface area contributed by atoms with E-state index in [1.807, 2.05) is 13.0 Å². The average Bonchev–Trinajstić information content (AvgIpc) is 2.31. The summed E-state index contributed by atoms with van der Waals surface area (Å²) in [5, 5.41) is 0. The molecule has 0 aliphatic heterocycles. The standard InChI is InChI=1S/C13H13FN2O2S/c1-10-3-2-4-11(7-10)9-19(17,18)16-13-6-5-12(14)8-15-13/h2-8H,9H2,1H3,(H,15,16). The summed E-state index contributed by atoms with van der Waals surface area (Å²) < 4.78 is 38.8. The molecular formula is C13H13FN2O2S. The van der Waals surface area contributed by atoms with Crippen LogP contribution in [0.1, 0.15) is 11.1 Å². The number of benzene rings is 1. The molecule has 0 aliphatic rings. The first-order valence-corrected chi connectivity index (χ1v) is 7.27. The SMILES string of the molecule is Cc1cccc(CS(=O)(=O)Nc2ccc(F)cn2)c1. The number of hydrogen-bond donors (Lipinski definition) is 1. The number of aryl methyl sites for hydroxylation is 1. The van der Waals surface area contributed by atoms with Crippen molar-refractivity contribution in [2.24, 2.45) is 0 Å². The van der Waals surface area contributed by atoms with E-state index in [2.05, 4.69) is 9.71 Å². The molecule has 2 aromatic rings. The zero-order chi connectivity index (χ0) is 13.9. The molecule has 1 aromatic carbocycles. The van der Waals surface area contributed by atoms with Crippen molar-refractivity contribution >= 4 is 15.8 Å². The van der Waals surface area contributed by atoms with Crippen LogP contribution < -0.4 is 4.72 Å². The molecule has 6 heteroatoms. The number of nitrogens with zero attached hydrogens (tertiary/aromatic N) is 1. The fourth-order valence-electron chi connectivity index (χ4n) is 1.65. The van der Waals surface area contributed by atoms with Crippen LogP contribution in [0.2, 0.25) is 0 Å². The van der Waals surface area contributed by atoms with E-state index in [1.54, 1.807) is 18.2 Å². The van der Waals surface area contributed by atoms with E-state index in [4.69, 9.17) is 0 Å². The highest BCUT2D eigenvalue weighted by Crippen LogP contribution is 2.12. The first kappa shape index (κ1) is 13.5. The maximum atomic E-state index is 12.7.